The van der Waals surface area contributed by atoms with E-state index in [1.807, 2.05) is 0 Å². The normalized spacial score (nSPS) is 11.1. The van der Waals surface area contributed by atoms with E-state index in [2.05, 4.69) is 37.3 Å². The van der Waals surface area contributed by atoms with Crippen LogP contribution in [0, 0.1) is 11.3 Å². The van der Waals surface area contributed by atoms with E-state index in [9.17, 15) is 0 Å². The molecule has 0 saturated carbocycles. The van der Waals surface area contributed by atoms with Crippen molar-refractivity contribution in [2.24, 2.45) is 0 Å². The van der Waals surface area contributed by atoms with Crippen molar-refractivity contribution in [3.8, 4) is 6.07 Å². The zero-order valence-electron chi connectivity index (χ0n) is 9.21. The van der Waals surface area contributed by atoms with Gasteiger partial charge < -0.3 is 0 Å². The highest BCUT2D eigenvalue weighted by molar-refractivity contribution is 4.93. The van der Waals surface area contributed by atoms with Crippen LogP contribution in [0.5, 0.6) is 0 Å². The summed E-state index contributed by atoms with van der Waals surface area (Å²) in [7, 11) is 0. The third kappa shape index (κ3) is 11.0. The maximum absolute atomic E-state index is 8.29. The Morgan fingerprint density at radius 1 is 1.00 bits per heavy atom. The lowest BCUT2D eigenvalue weighted by molar-refractivity contribution is 0.728. The molecular formula is C13H21N. The SMILES string of the molecule is CCCCCC=CCC=CCCC#N. The van der Waals surface area contributed by atoms with Gasteiger partial charge in [0.25, 0.3) is 0 Å². The first-order valence-corrected chi connectivity index (χ1v) is 5.58. The van der Waals surface area contributed by atoms with Gasteiger partial charge in [0.2, 0.25) is 0 Å². The summed E-state index contributed by atoms with van der Waals surface area (Å²) < 4.78 is 0. The average molecular weight is 191 g/mol. The third-order valence-corrected chi connectivity index (χ3v) is 2.00. The highest BCUT2D eigenvalue weighted by Gasteiger charge is 1.80. The van der Waals surface area contributed by atoms with Crippen LogP contribution in [-0.2, 0) is 0 Å². The summed E-state index contributed by atoms with van der Waals surface area (Å²) in [5, 5.41) is 8.29. The molecule has 0 saturated heterocycles. The second-order valence-corrected chi connectivity index (χ2v) is 3.37. The summed E-state index contributed by atoms with van der Waals surface area (Å²) in [6.07, 6.45) is 16.4. The number of rotatable bonds is 8. The van der Waals surface area contributed by atoms with Crippen molar-refractivity contribution in [1.29, 1.82) is 5.26 Å². The maximum Gasteiger partial charge on any atom is 0.0624 e. The molecule has 0 radical (unpaired) electrons. The van der Waals surface area contributed by atoms with E-state index >= 15 is 0 Å². The lowest BCUT2D eigenvalue weighted by atomic mass is 10.2. The molecule has 0 rings (SSSR count). The molecule has 0 fully saturated rings. The van der Waals surface area contributed by atoms with Gasteiger partial charge in [-0.2, -0.15) is 5.26 Å². The minimum absolute atomic E-state index is 0.636. The quantitative estimate of drug-likeness (QED) is 0.413. The molecule has 0 aliphatic rings. The van der Waals surface area contributed by atoms with Crippen molar-refractivity contribution in [3.63, 3.8) is 0 Å². The fourth-order valence-corrected chi connectivity index (χ4v) is 1.17. The molecule has 0 bridgehead atoms. The Kier molecular flexibility index (Phi) is 11.1. The van der Waals surface area contributed by atoms with Crippen LogP contribution in [0.15, 0.2) is 24.3 Å². The second-order valence-electron chi connectivity index (χ2n) is 3.37. The molecule has 0 aliphatic carbocycles. The Labute approximate surface area is 88.1 Å². The van der Waals surface area contributed by atoms with E-state index in [0.717, 1.165) is 12.8 Å². The molecule has 0 atom stereocenters. The first-order chi connectivity index (χ1) is 6.91. The van der Waals surface area contributed by atoms with Crippen molar-refractivity contribution in [2.75, 3.05) is 0 Å². The summed E-state index contributed by atoms with van der Waals surface area (Å²) in [6.45, 7) is 2.22. The van der Waals surface area contributed by atoms with Gasteiger partial charge in [-0.05, 0) is 25.7 Å². The Bertz CT molecular complexity index is 196. The average Bonchev–Trinajstić information content (AvgIpc) is 2.21. The molecule has 0 aromatic heterocycles. The van der Waals surface area contributed by atoms with E-state index in [0.29, 0.717) is 6.42 Å². The van der Waals surface area contributed by atoms with E-state index < -0.39 is 0 Å². The van der Waals surface area contributed by atoms with Crippen LogP contribution in [0.2, 0.25) is 0 Å². The number of nitriles is 1. The number of nitrogens with zero attached hydrogens (tertiary/aromatic N) is 1. The molecule has 0 aromatic rings. The molecular weight excluding hydrogens is 170 g/mol. The fraction of sp³-hybridized carbons (Fsp3) is 0.615. The molecule has 0 aromatic carbocycles. The van der Waals surface area contributed by atoms with E-state index in [1.54, 1.807) is 0 Å². The van der Waals surface area contributed by atoms with E-state index in [4.69, 9.17) is 5.26 Å². The van der Waals surface area contributed by atoms with Gasteiger partial charge in [-0.1, -0.05) is 44.1 Å². The van der Waals surface area contributed by atoms with Crippen molar-refractivity contribution in [1.82, 2.24) is 0 Å². The van der Waals surface area contributed by atoms with E-state index in [-0.39, 0.29) is 0 Å². The lowest BCUT2D eigenvalue weighted by Gasteiger charge is -1.90. The molecule has 14 heavy (non-hydrogen) atoms. The van der Waals surface area contributed by atoms with Crippen LogP contribution in [0.1, 0.15) is 51.9 Å². The van der Waals surface area contributed by atoms with Gasteiger partial charge in [0.15, 0.2) is 0 Å². The monoisotopic (exact) mass is 191 g/mol. The standard InChI is InChI=1S/C13H21N/c1-2-3-4-5-6-7-8-9-10-11-12-13-14/h6-7,9-10H,2-5,8,11-12H2,1H3. The van der Waals surface area contributed by atoms with Gasteiger partial charge in [0, 0.05) is 6.42 Å². The van der Waals surface area contributed by atoms with E-state index in [1.165, 1.54) is 25.7 Å². The fourth-order valence-electron chi connectivity index (χ4n) is 1.17. The maximum atomic E-state index is 8.29. The Hall–Kier alpha value is -1.03. The third-order valence-electron chi connectivity index (χ3n) is 2.00. The smallest absolute Gasteiger partial charge is 0.0624 e. The van der Waals surface area contributed by atoms with Gasteiger partial charge >= 0.3 is 0 Å². The van der Waals surface area contributed by atoms with Gasteiger partial charge in [-0.15, -0.1) is 0 Å². The number of allylic oxidation sites excluding steroid dienone is 4. The molecule has 1 heteroatoms. The summed E-state index contributed by atoms with van der Waals surface area (Å²) in [6, 6.07) is 2.12. The van der Waals surface area contributed by atoms with Gasteiger partial charge in [0.05, 0.1) is 6.07 Å². The molecule has 0 spiro atoms. The van der Waals surface area contributed by atoms with Crippen LogP contribution < -0.4 is 0 Å². The Morgan fingerprint density at radius 3 is 2.36 bits per heavy atom. The zero-order valence-corrected chi connectivity index (χ0v) is 9.21. The predicted molar refractivity (Wildman–Crippen MR) is 61.9 cm³/mol. The Balaban J connectivity index is 3.18. The van der Waals surface area contributed by atoms with Crippen molar-refractivity contribution < 1.29 is 0 Å². The first-order valence-electron chi connectivity index (χ1n) is 5.58. The van der Waals surface area contributed by atoms with Crippen LogP contribution in [-0.4, -0.2) is 0 Å². The highest BCUT2D eigenvalue weighted by atomic mass is 14.2. The topological polar surface area (TPSA) is 23.8 Å². The first kappa shape index (κ1) is 13.0. The highest BCUT2D eigenvalue weighted by Crippen LogP contribution is 2.00. The summed E-state index contributed by atoms with van der Waals surface area (Å²) in [5.41, 5.74) is 0. The van der Waals surface area contributed by atoms with Crippen LogP contribution >= 0.6 is 0 Å². The predicted octanol–water partition coefficient (Wildman–Crippen LogP) is 4.37. The van der Waals surface area contributed by atoms with Crippen LogP contribution in [0.3, 0.4) is 0 Å². The molecule has 1 nitrogen and oxygen atoms in total. The number of hydrogen-bond donors (Lipinski definition) is 0. The summed E-state index contributed by atoms with van der Waals surface area (Å²) in [5.74, 6) is 0. The minimum atomic E-state index is 0.636. The molecule has 0 heterocycles. The van der Waals surface area contributed by atoms with Gasteiger partial charge in [-0.25, -0.2) is 0 Å². The minimum Gasteiger partial charge on any atom is -0.198 e. The molecule has 0 unspecified atom stereocenters. The zero-order chi connectivity index (χ0) is 10.5. The van der Waals surface area contributed by atoms with Gasteiger partial charge in [-0.3, -0.25) is 0 Å². The van der Waals surface area contributed by atoms with Crippen LogP contribution in [0.4, 0.5) is 0 Å². The number of hydrogen-bond acceptors (Lipinski definition) is 1. The number of unbranched alkanes of at least 4 members (excludes halogenated alkanes) is 4. The molecule has 0 amide bonds. The molecule has 78 valence electrons. The van der Waals surface area contributed by atoms with Crippen molar-refractivity contribution in [3.05, 3.63) is 24.3 Å². The summed E-state index contributed by atoms with van der Waals surface area (Å²) in [4.78, 5) is 0. The lowest BCUT2D eigenvalue weighted by Crippen LogP contribution is -1.70. The second kappa shape index (κ2) is 12.0. The largest absolute Gasteiger partial charge is 0.198 e. The van der Waals surface area contributed by atoms with Crippen molar-refractivity contribution in [2.45, 2.75) is 51.9 Å². The summed E-state index contributed by atoms with van der Waals surface area (Å²) >= 11 is 0. The van der Waals surface area contributed by atoms with Crippen molar-refractivity contribution >= 4 is 0 Å². The van der Waals surface area contributed by atoms with Crippen LogP contribution in [0.25, 0.3) is 0 Å². The molecule has 0 aliphatic heterocycles. The molecule has 0 N–H and O–H groups in total. The van der Waals surface area contributed by atoms with Gasteiger partial charge in [0.1, 0.15) is 0 Å². The Morgan fingerprint density at radius 2 is 1.71 bits per heavy atom.